The summed E-state index contributed by atoms with van der Waals surface area (Å²) in [6.45, 7) is 6.07. The Balaban J connectivity index is 2.06. The van der Waals surface area contributed by atoms with Crippen LogP contribution >= 0.6 is 15.9 Å². The van der Waals surface area contributed by atoms with Gasteiger partial charge in [-0.3, -0.25) is 4.79 Å². The lowest BCUT2D eigenvalue weighted by molar-refractivity contribution is 0.104. The molecule has 0 aliphatic rings. The Morgan fingerprint density at radius 1 is 1.00 bits per heavy atom. The maximum absolute atomic E-state index is 12.1. The minimum atomic E-state index is 0.000338. The van der Waals surface area contributed by atoms with Gasteiger partial charge < -0.3 is 5.32 Å². The first-order valence-electron chi connectivity index (χ1n) is 6.78. The number of ketones is 1. The van der Waals surface area contributed by atoms with E-state index in [2.05, 4.69) is 21.2 Å². The minimum absolute atomic E-state index is 0.000338. The zero-order chi connectivity index (χ0) is 15.4. The van der Waals surface area contributed by atoms with E-state index in [9.17, 15) is 4.79 Å². The van der Waals surface area contributed by atoms with Crippen LogP contribution in [0.1, 0.15) is 27.0 Å². The largest absolute Gasteiger partial charge is 0.361 e. The summed E-state index contributed by atoms with van der Waals surface area (Å²) in [6.07, 6.45) is 3.25. The van der Waals surface area contributed by atoms with Crippen LogP contribution in [0.3, 0.4) is 0 Å². The number of rotatable bonds is 4. The highest BCUT2D eigenvalue weighted by molar-refractivity contribution is 9.10. The number of aryl methyl sites for hydroxylation is 3. The smallest absolute Gasteiger partial charge is 0.187 e. The molecular formula is C18H18BrNO. The van der Waals surface area contributed by atoms with Crippen molar-refractivity contribution >= 4 is 27.4 Å². The molecule has 0 amide bonds. The number of hydrogen-bond acceptors (Lipinski definition) is 2. The van der Waals surface area contributed by atoms with Crippen molar-refractivity contribution in [1.29, 1.82) is 0 Å². The molecule has 108 valence electrons. The van der Waals surface area contributed by atoms with Crippen molar-refractivity contribution < 1.29 is 4.79 Å². The van der Waals surface area contributed by atoms with E-state index in [1.165, 1.54) is 5.56 Å². The predicted octanol–water partition coefficient (Wildman–Crippen LogP) is 5.18. The highest BCUT2D eigenvalue weighted by atomic mass is 79.9. The van der Waals surface area contributed by atoms with Crippen LogP contribution in [0.4, 0.5) is 5.69 Å². The van der Waals surface area contributed by atoms with Crippen LogP contribution in [-0.2, 0) is 0 Å². The molecule has 0 radical (unpaired) electrons. The number of carbonyl (C=O) groups excluding carboxylic acids is 1. The van der Waals surface area contributed by atoms with E-state index in [0.717, 1.165) is 21.3 Å². The molecule has 2 rings (SSSR count). The van der Waals surface area contributed by atoms with E-state index in [4.69, 9.17) is 0 Å². The van der Waals surface area contributed by atoms with Crippen LogP contribution in [0, 0.1) is 20.8 Å². The molecule has 0 aliphatic heterocycles. The van der Waals surface area contributed by atoms with Crippen LogP contribution in [0.25, 0.3) is 0 Å². The van der Waals surface area contributed by atoms with Crippen molar-refractivity contribution in [3.05, 3.63) is 75.4 Å². The SMILES string of the molecule is Cc1ccc(C(=O)C=CNc2ccc(Br)cc2C)cc1C. The van der Waals surface area contributed by atoms with Gasteiger partial charge in [-0.25, -0.2) is 0 Å². The lowest BCUT2D eigenvalue weighted by Gasteiger charge is -2.05. The Labute approximate surface area is 134 Å². The fourth-order valence-electron chi connectivity index (χ4n) is 1.99. The zero-order valence-electron chi connectivity index (χ0n) is 12.4. The molecule has 0 saturated heterocycles. The fraction of sp³-hybridized carbons (Fsp3) is 0.167. The lowest BCUT2D eigenvalue weighted by atomic mass is 10.0. The molecule has 3 heteroatoms. The Bertz CT molecular complexity index is 704. The highest BCUT2D eigenvalue weighted by Crippen LogP contribution is 2.20. The van der Waals surface area contributed by atoms with Crippen LogP contribution in [0.5, 0.6) is 0 Å². The first-order chi connectivity index (χ1) is 9.97. The standard InChI is InChI=1S/C18H18BrNO/c1-12-4-5-15(10-13(12)2)18(21)8-9-20-17-7-6-16(19)11-14(17)3/h4-11,20H,1-3H3. The summed E-state index contributed by atoms with van der Waals surface area (Å²) >= 11 is 3.43. The molecule has 1 N–H and O–H groups in total. The molecule has 0 unspecified atom stereocenters. The van der Waals surface area contributed by atoms with Crippen LogP contribution in [0.2, 0.25) is 0 Å². The molecular weight excluding hydrogens is 326 g/mol. The minimum Gasteiger partial charge on any atom is -0.361 e. The van der Waals surface area contributed by atoms with Gasteiger partial charge in [0.05, 0.1) is 0 Å². The first kappa shape index (κ1) is 15.5. The van der Waals surface area contributed by atoms with Crippen molar-refractivity contribution in [2.24, 2.45) is 0 Å². The monoisotopic (exact) mass is 343 g/mol. The number of hydrogen-bond donors (Lipinski definition) is 1. The van der Waals surface area contributed by atoms with Gasteiger partial charge in [0.25, 0.3) is 0 Å². The topological polar surface area (TPSA) is 29.1 Å². The van der Waals surface area contributed by atoms with Gasteiger partial charge in [-0.1, -0.05) is 28.1 Å². The van der Waals surface area contributed by atoms with Crippen molar-refractivity contribution in [2.75, 3.05) is 5.32 Å². The van der Waals surface area contributed by atoms with E-state index < -0.39 is 0 Å². The van der Waals surface area contributed by atoms with E-state index in [-0.39, 0.29) is 5.78 Å². The summed E-state index contributed by atoms with van der Waals surface area (Å²) in [5.41, 5.74) is 5.14. The molecule has 21 heavy (non-hydrogen) atoms. The van der Waals surface area contributed by atoms with Gasteiger partial charge in [0.15, 0.2) is 5.78 Å². The quantitative estimate of drug-likeness (QED) is 0.611. The van der Waals surface area contributed by atoms with Crippen LogP contribution in [-0.4, -0.2) is 5.78 Å². The van der Waals surface area contributed by atoms with Crippen molar-refractivity contribution in [2.45, 2.75) is 20.8 Å². The van der Waals surface area contributed by atoms with Gasteiger partial charge in [0, 0.05) is 28.0 Å². The van der Waals surface area contributed by atoms with Crippen molar-refractivity contribution in [3.63, 3.8) is 0 Å². The first-order valence-corrected chi connectivity index (χ1v) is 7.57. The van der Waals surface area contributed by atoms with Gasteiger partial charge in [-0.15, -0.1) is 0 Å². The Morgan fingerprint density at radius 3 is 2.43 bits per heavy atom. The second-order valence-electron chi connectivity index (χ2n) is 5.10. The van der Waals surface area contributed by atoms with E-state index >= 15 is 0 Å². The van der Waals surface area contributed by atoms with Gasteiger partial charge in [-0.05, 0) is 61.7 Å². The second kappa shape index (κ2) is 6.72. The molecule has 2 aromatic rings. The molecule has 0 saturated carbocycles. The average molecular weight is 344 g/mol. The summed E-state index contributed by atoms with van der Waals surface area (Å²) in [5, 5.41) is 3.14. The molecule has 0 atom stereocenters. The average Bonchev–Trinajstić information content (AvgIpc) is 2.44. The fourth-order valence-corrected chi connectivity index (χ4v) is 2.46. The molecule has 0 bridgehead atoms. The Morgan fingerprint density at radius 2 is 1.76 bits per heavy atom. The highest BCUT2D eigenvalue weighted by Gasteiger charge is 2.03. The number of carbonyl (C=O) groups is 1. The van der Waals surface area contributed by atoms with E-state index in [0.29, 0.717) is 5.56 Å². The Hall–Kier alpha value is -1.87. The van der Waals surface area contributed by atoms with Crippen molar-refractivity contribution in [3.8, 4) is 0 Å². The molecule has 0 aromatic heterocycles. The normalized spacial score (nSPS) is 10.9. The van der Waals surface area contributed by atoms with E-state index in [1.54, 1.807) is 12.3 Å². The van der Waals surface area contributed by atoms with Gasteiger partial charge >= 0.3 is 0 Å². The molecule has 0 heterocycles. The number of benzene rings is 2. The van der Waals surface area contributed by atoms with Gasteiger partial charge in [0.2, 0.25) is 0 Å². The second-order valence-corrected chi connectivity index (χ2v) is 6.02. The number of allylic oxidation sites excluding steroid dienone is 1. The van der Waals surface area contributed by atoms with Gasteiger partial charge in [-0.2, -0.15) is 0 Å². The Kier molecular flexibility index (Phi) is 4.97. The van der Waals surface area contributed by atoms with Crippen molar-refractivity contribution in [1.82, 2.24) is 0 Å². The third kappa shape index (κ3) is 4.05. The number of nitrogens with one attached hydrogen (secondary N) is 1. The van der Waals surface area contributed by atoms with E-state index in [1.807, 2.05) is 57.2 Å². The molecule has 0 fully saturated rings. The third-order valence-corrected chi connectivity index (χ3v) is 3.95. The zero-order valence-corrected chi connectivity index (χ0v) is 14.0. The van der Waals surface area contributed by atoms with Crippen LogP contribution < -0.4 is 5.32 Å². The number of halogens is 1. The van der Waals surface area contributed by atoms with Gasteiger partial charge in [0.1, 0.15) is 0 Å². The maximum atomic E-state index is 12.1. The lowest BCUT2D eigenvalue weighted by Crippen LogP contribution is -1.98. The predicted molar refractivity (Wildman–Crippen MR) is 91.9 cm³/mol. The molecule has 0 aliphatic carbocycles. The van der Waals surface area contributed by atoms with Crippen LogP contribution in [0.15, 0.2) is 53.1 Å². The molecule has 0 spiro atoms. The molecule has 2 aromatic carbocycles. The summed E-state index contributed by atoms with van der Waals surface area (Å²) in [4.78, 5) is 12.1. The summed E-state index contributed by atoms with van der Waals surface area (Å²) in [7, 11) is 0. The molecule has 2 nitrogen and oxygen atoms in total. The third-order valence-electron chi connectivity index (χ3n) is 3.45. The summed E-state index contributed by atoms with van der Waals surface area (Å²) < 4.78 is 1.04. The maximum Gasteiger partial charge on any atom is 0.187 e. The number of anilines is 1. The summed E-state index contributed by atoms with van der Waals surface area (Å²) in [5.74, 6) is 0.000338. The summed E-state index contributed by atoms with van der Waals surface area (Å²) in [6, 6.07) is 11.7.